The van der Waals surface area contributed by atoms with Crippen LogP contribution in [-0.2, 0) is 0 Å². The maximum Gasteiger partial charge on any atom is 0.0359 e. The van der Waals surface area contributed by atoms with E-state index < -0.39 is 0 Å². The lowest BCUT2D eigenvalue weighted by molar-refractivity contribution is 0.622. The summed E-state index contributed by atoms with van der Waals surface area (Å²) in [6, 6.07) is 17.4. The van der Waals surface area contributed by atoms with Crippen LogP contribution in [0.15, 0.2) is 71.6 Å². The first-order valence-electron chi connectivity index (χ1n) is 7.84. The van der Waals surface area contributed by atoms with Gasteiger partial charge in [-0.3, -0.25) is 0 Å². The molecule has 0 spiro atoms. The lowest BCUT2D eigenvalue weighted by Crippen LogP contribution is -2.17. The lowest BCUT2D eigenvalue weighted by atomic mass is 9.71. The van der Waals surface area contributed by atoms with Crippen LogP contribution in [0.1, 0.15) is 35.1 Å². The molecule has 0 nitrogen and oxygen atoms in total. The molecule has 0 saturated heterocycles. The van der Waals surface area contributed by atoms with Crippen molar-refractivity contribution >= 4 is 11.6 Å². The third-order valence-electron chi connectivity index (χ3n) is 4.78. The Hall–Kier alpha value is -2.52. The van der Waals surface area contributed by atoms with E-state index in [1.165, 1.54) is 33.4 Å². The Kier molecular flexibility index (Phi) is 3.01. The van der Waals surface area contributed by atoms with Crippen molar-refractivity contribution in [2.24, 2.45) is 5.92 Å². The minimum atomic E-state index is 0.396. The van der Waals surface area contributed by atoms with Gasteiger partial charge in [-0.25, -0.2) is 0 Å². The van der Waals surface area contributed by atoms with E-state index in [9.17, 15) is 0 Å². The maximum absolute atomic E-state index is 3.35. The number of aryl methyl sites for hydroxylation is 1. The largest absolute Gasteiger partial charge is 0.0733 e. The molecule has 0 heteroatoms. The first kappa shape index (κ1) is 13.2. The minimum absolute atomic E-state index is 0.396. The van der Waals surface area contributed by atoms with Gasteiger partial charge in [-0.15, -0.1) is 0 Å². The fourth-order valence-electron chi connectivity index (χ4n) is 3.49. The van der Waals surface area contributed by atoms with Crippen molar-refractivity contribution in [1.29, 1.82) is 0 Å². The minimum Gasteiger partial charge on any atom is -0.0733 e. The highest BCUT2D eigenvalue weighted by molar-refractivity contribution is 5.87. The van der Waals surface area contributed by atoms with Crippen LogP contribution in [-0.4, -0.2) is 0 Å². The molecule has 0 bridgehead atoms. The summed E-state index contributed by atoms with van der Waals surface area (Å²) in [7, 11) is 0. The molecule has 0 aliphatic heterocycles. The summed E-state index contributed by atoms with van der Waals surface area (Å²) >= 11 is 0. The summed E-state index contributed by atoms with van der Waals surface area (Å²) in [6.07, 6.45) is 4.50. The second-order valence-corrected chi connectivity index (χ2v) is 6.22. The number of hydrogen-bond acceptors (Lipinski definition) is 0. The van der Waals surface area contributed by atoms with Crippen LogP contribution in [0.2, 0.25) is 0 Å². The zero-order valence-corrected chi connectivity index (χ0v) is 12.9. The Labute approximate surface area is 131 Å². The summed E-state index contributed by atoms with van der Waals surface area (Å²) in [5, 5.41) is 0. The molecule has 106 valence electrons. The summed E-state index contributed by atoms with van der Waals surface area (Å²) in [5.41, 5.74) is 14.4. The molecular weight excluding hydrogens is 264 g/mol. The van der Waals surface area contributed by atoms with E-state index in [1.807, 2.05) is 0 Å². The zero-order valence-electron chi connectivity index (χ0n) is 12.9. The SMILES string of the molecule is Cc1ccc(C2=C=C=CC3C2=Cc2ccccc2C3C)cc1. The van der Waals surface area contributed by atoms with Gasteiger partial charge in [-0.2, -0.15) is 0 Å². The van der Waals surface area contributed by atoms with Crippen LogP contribution < -0.4 is 0 Å². The normalized spacial score (nSPS) is 21.7. The van der Waals surface area contributed by atoms with E-state index in [-0.39, 0.29) is 0 Å². The fraction of sp³-hybridized carbons (Fsp3) is 0.182. The molecule has 0 saturated carbocycles. The smallest absolute Gasteiger partial charge is 0.0359 e. The van der Waals surface area contributed by atoms with Crippen LogP contribution >= 0.6 is 0 Å². The highest BCUT2D eigenvalue weighted by Gasteiger charge is 2.30. The van der Waals surface area contributed by atoms with Crippen molar-refractivity contribution in [3.63, 3.8) is 0 Å². The molecule has 0 radical (unpaired) electrons. The van der Waals surface area contributed by atoms with Gasteiger partial charge in [0.1, 0.15) is 0 Å². The average Bonchev–Trinajstić information content (AvgIpc) is 2.56. The van der Waals surface area contributed by atoms with Crippen LogP contribution in [0, 0.1) is 12.8 Å². The Morgan fingerprint density at radius 2 is 1.73 bits per heavy atom. The van der Waals surface area contributed by atoms with Crippen molar-refractivity contribution in [1.82, 2.24) is 0 Å². The third kappa shape index (κ3) is 2.02. The molecule has 0 fully saturated rings. The van der Waals surface area contributed by atoms with Gasteiger partial charge >= 0.3 is 0 Å². The molecule has 22 heavy (non-hydrogen) atoms. The van der Waals surface area contributed by atoms with Crippen LogP contribution in [0.25, 0.3) is 11.6 Å². The molecule has 0 aromatic heterocycles. The molecule has 4 rings (SSSR count). The quantitative estimate of drug-likeness (QED) is 0.604. The van der Waals surface area contributed by atoms with E-state index in [1.54, 1.807) is 0 Å². The lowest BCUT2D eigenvalue weighted by Gasteiger charge is -2.31. The highest BCUT2D eigenvalue weighted by atomic mass is 14.3. The summed E-state index contributed by atoms with van der Waals surface area (Å²) < 4.78 is 0. The van der Waals surface area contributed by atoms with Crippen LogP contribution in [0.4, 0.5) is 0 Å². The van der Waals surface area contributed by atoms with Gasteiger partial charge in [0.2, 0.25) is 0 Å². The summed E-state index contributed by atoms with van der Waals surface area (Å²) in [5.74, 6) is 0.874. The Morgan fingerprint density at radius 1 is 0.955 bits per heavy atom. The first-order valence-corrected chi connectivity index (χ1v) is 7.84. The average molecular weight is 282 g/mol. The first-order chi connectivity index (χ1) is 10.7. The van der Waals surface area contributed by atoms with Gasteiger partial charge in [0.15, 0.2) is 0 Å². The van der Waals surface area contributed by atoms with Crippen molar-refractivity contribution in [2.45, 2.75) is 19.8 Å². The van der Waals surface area contributed by atoms with Crippen LogP contribution in [0.3, 0.4) is 0 Å². The van der Waals surface area contributed by atoms with E-state index in [2.05, 4.69) is 86.0 Å². The number of hydrogen-bond donors (Lipinski definition) is 0. The van der Waals surface area contributed by atoms with Crippen molar-refractivity contribution < 1.29 is 0 Å². The molecule has 0 heterocycles. The molecule has 2 aromatic carbocycles. The molecule has 0 N–H and O–H groups in total. The number of fused-ring (bicyclic) bond motifs is 2. The van der Waals surface area contributed by atoms with E-state index in [0.717, 1.165) is 0 Å². The summed E-state index contributed by atoms with van der Waals surface area (Å²) in [4.78, 5) is 0. The second-order valence-electron chi connectivity index (χ2n) is 6.22. The summed E-state index contributed by atoms with van der Waals surface area (Å²) in [6.45, 7) is 4.43. The van der Waals surface area contributed by atoms with Gasteiger partial charge in [-0.1, -0.05) is 72.5 Å². The van der Waals surface area contributed by atoms with Crippen molar-refractivity contribution in [2.75, 3.05) is 0 Å². The third-order valence-corrected chi connectivity index (χ3v) is 4.78. The topological polar surface area (TPSA) is 0 Å². The predicted octanol–water partition coefficient (Wildman–Crippen LogP) is 5.52. The van der Waals surface area contributed by atoms with Crippen LogP contribution in [0.5, 0.6) is 0 Å². The molecule has 2 atom stereocenters. The van der Waals surface area contributed by atoms with Gasteiger partial charge in [-0.05, 0) is 47.3 Å². The van der Waals surface area contributed by atoms with Gasteiger partial charge < -0.3 is 0 Å². The predicted molar refractivity (Wildman–Crippen MR) is 92.5 cm³/mol. The monoisotopic (exact) mass is 282 g/mol. The zero-order chi connectivity index (χ0) is 15.1. The molecule has 0 amide bonds. The number of benzene rings is 2. The van der Waals surface area contributed by atoms with Crippen molar-refractivity contribution in [3.8, 4) is 0 Å². The number of rotatable bonds is 1. The van der Waals surface area contributed by atoms with E-state index in [4.69, 9.17) is 0 Å². The molecular formula is C22H18. The standard InChI is InChI=1S/C22H18/c1-15-10-12-17(13-11-15)21-9-5-8-20-16(2)19-7-4-3-6-18(19)14-22(20)21/h3-4,6-8,10-14,16,20H,1-2H3. The number of allylic oxidation sites excluding steroid dienone is 3. The van der Waals surface area contributed by atoms with Gasteiger partial charge in [0.25, 0.3) is 0 Å². The fourth-order valence-corrected chi connectivity index (χ4v) is 3.49. The Morgan fingerprint density at radius 3 is 2.55 bits per heavy atom. The highest BCUT2D eigenvalue weighted by Crippen LogP contribution is 2.44. The van der Waals surface area contributed by atoms with Gasteiger partial charge in [0.05, 0.1) is 0 Å². The van der Waals surface area contributed by atoms with E-state index >= 15 is 0 Å². The van der Waals surface area contributed by atoms with Crippen molar-refractivity contribution in [3.05, 3.63) is 93.9 Å². The molecule has 2 aromatic rings. The molecule has 2 aliphatic carbocycles. The Balaban J connectivity index is 1.89. The molecule has 2 unspecified atom stereocenters. The van der Waals surface area contributed by atoms with E-state index in [0.29, 0.717) is 11.8 Å². The maximum atomic E-state index is 3.35. The van der Waals surface area contributed by atoms with Gasteiger partial charge in [0, 0.05) is 11.5 Å². The molecule has 2 aliphatic rings. The Bertz CT molecular complexity index is 865. The second kappa shape index (κ2) is 5.04.